The van der Waals surface area contributed by atoms with Gasteiger partial charge in [-0.25, -0.2) is 0 Å². The average Bonchev–Trinajstić information content (AvgIpc) is 2.52. The number of hydrogen-bond donors (Lipinski definition) is 1. The molecule has 0 amide bonds. The summed E-state index contributed by atoms with van der Waals surface area (Å²) < 4.78 is 0. The van der Waals surface area contributed by atoms with E-state index in [9.17, 15) is 5.11 Å². The van der Waals surface area contributed by atoms with Crippen LogP contribution < -0.4 is 0 Å². The van der Waals surface area contributed by atoms with Crippen molar-refractivity contribution in [1.29, 1.82) is 0 Å². The van der Waals surface area contributed by atoms with Crippen molar-refractivity contribution in [1.82, 2.24) is 9.88 Å². The van der Waals surface area contributed by atoms with Gasteiger partial charge in [0.05, 0.1) is 5.69 Å². The third-order valence-corrected chi connectivity index (χ3v) is 3.50. The Kier molecular flexibility index (Phi) is 2.89. The smallest absolute Gasteiger partial charge is 0.138 e. The minimum atomic E-state index is 0.234. The maximum Gasteiger partial charge on any atom is 0.138 e. The molecule has 0 saturated carbocycles. The summed E-state index contributed by atoms with van der Waals surface area (Å²) in [5.74, 6) is 0.313. The van der Waals surface area contributed by atoms with Crippen molar-refractivity contribution in [2.75, 3.05) is 6.54 Å². The lowest BCUT2D eigenvalue weighted by Crippen LogP contribution is -2.37. The van der Waals surface area contributed by atoms with Crippen molar-refractivity contribution < 1.29 is 5.11 Å². The van der Waals surface area contributed by atoms with Crippen LogP contribution in [0, 0.1) is 6.92 Å². The summed E-state index contributed by atoms with van der Waals surface area (Å²) in [5, 5.41) is 9.78. The van der Waals surface area contributed by atoms with Crippen molar-refractivity contribution in [3.8, 4) is 5.75 Å². The lowest BCUT2D eigenvalue weighted by atomic mass is 10.0. The van der Waals surface area contributed by atoms with Crippen molar-refractivity contribution in [2.45, 2.75) is 45.7 Å². The highest BCUT2D eigenvalue weighted by Crippen LogP contribution is 2.30. The number of pyridine rings is 1. The van der Waals surface area contributed by atoms with Crippen molar-refractivity contribution in [3.05, 3.63) is 23.5 Å². The summed E-state index contributed by atoms with van der Waals surface area (Å²) in [4.78, 5) is 6.81. The van der Waals surface area contributed by atoms with Gasteiger partial charge in [-0.05, 0) is 52.3 Å². The number of aromatic nitrogens is 1. The lowest BCUT2D eigenvalue weighted by Gasteiger charge is -2.31. The SMILES string of the molecule is Cc1ccc(O)c(CN2CCCC2(C)C)n1. The highest BCUT2D eigenvalue weighted by atomic mass is 16.3. The van der Waals surface area contributed by atoms with Crippen LogP contribution in [0.2, 0.25) is 0 Å². The van der Waals surface area contributed by atoms with Gasteiger partial charge in [0, 0.05) is 17.8 Å². The van der Waals surface area contributed by atoms with Gasteiger partial charge in [-0.3, -0.25) is 9.88 Å². The molecule has 0 aliphatic carbocycles. The minimum Gasteiger partial charge on any atom is -0.506 e. The van der Waals surface area contributed by atoms with Crippen LogP contribution >= 0.6 is 0 Å². The van der Waals surface area contributed by atoms with E-state index < -0.39 is 0 Å². The molecule has 3 heteroatoms. The highest BCUT2D eigenvalue weighted by Gasteiger charge is 2.32. The molecule has 1 aliphatic rings. The molecule has 88 valence electrons. The van der Waals surface area contributed by atoms with Crippen LogP contribution in [0.1, 0.15) is 38.1 Å². The number of nitrogens with zero attached hydrogens (tertiary/aromatic N) is 2. The second-order valence-corrected chi connectivity index (χ2v) is 5.26. The summed E-state index contributed by atoms with van der Waals surface area (Å²) in [5.41, 5.74) is 2.00. The predicted molar refractivity (Wildman–Crippen MR) is 64.4 cm³/mol. The first-order valence-corrected chi connectivity index (χ1v) is 5.89. The first kappa shape index (κ1) is 11.4. The molecule has 3 nitrogen and oxygen atoms in total. The van der Waals surface area contributed by atoms with E-state index in [1.165, 1.54) is 12.8 Å². The van der Waals surface area contributed by atoms with Crippen LogP contribution in [-0.4, -0.2) is 27.1 Å². The zero-order chi connectivity index (χ0) is 11.8. The predicted octanol–water partition coefficient (Wildman–Crippen LogP) is 2.47. The summed E-state index contributed by atoms with van der Waals surface area (Å²) in [7, 11) is 0. The number of hydrogen-bond acceptors (Lipinski definition) is 3. The molecule has 0 unspecified atom stereocenters. The minimum absolute atomic E-state index is 0.234. The average molecular weight is 220 g/mol. The van der Waals surface area contributed by atoms with Gasteiger partial charge in [0.2, 0.25) is 0 Å². The Hall–Kier alpha value is -1.09. The van der Waals surface area contributed by atoms with Crippen LogP contribution in [0.15, 0.2) is 12.1 Å². The maximum atomic E-state index is 9.78. The van der Waals surface area contributed by atoms with Gasteiger partial charge in [-0.15, -0.1) is 0 Å². The zero-order valence-electron chi connectivity index (χ0n) is 10.3. The fourth-order valence-electron chi connectivity index (χ4n) is 2.36. The van der Waals surface area contributed by atoms with E-state index in [1.54, 1.807) is 6.07 Å². The van der Waals surface area contributed by atoms with E-state index in [4.69, 9.17) is 0 Å². The Morgan fingerprint density at radius 1 is 1.44 bits per heavy atom. The molecule has 0 bridgehead atoms. The Morgan fingerprint density at radius 2 is 2.19 bits per heavy atom. The number of aromatic hydroxyl groups is 1. The third kappa shape index (κ3) is 2.19. The quantitative estimate of drug-likeness (QED) is 0.831. The van der Waals surface area contributed by atoms with Gasteiger partial charge in [0.25, 0.3) is 0 Å². The molecule has 1 aliphatic heterocycles. The fourth-order valence-corrected chi connectivity index (χ4v) is 2.36. The van der Waals surface area contributed by atoms with Gasteiger partial charge in [0.1, 0.15) is 5.75 Å². The molecule has 1 fully saturated rings. The van der Waals surface area contributed by atoms with E-state index in [1.807, 2.05) is 13.0 Å². The van der Waals surface area contributed by atoms with Gasteiger partial charge < -0.3 is 5.11 Å². The molecule has 1 saturated heterocycles. The van der Waals surface area contributed by atoms with Crippen LogP contribution in [-0.2, 0) is 6.54 Å². The monoisotopic (exact) mass is 220 g/mol. The van der Waals surface area contributed by atoms with Gasteiger partial charge >= 0.3 is 0 Å². The number of rotatable bonds is 2. The molecule has 0 atom stereocenters. The molecule has 1 N–H and O–H groups in total. The summed E-state index contributed by atoms with van der Waals surface area (Å²) in [6.45, 7) is 8.32. The van der Waals surface area contributed by atoms with Crippen LogP contribution in [0.5, 0.6) is 5.75 Å². The van der Waals surface area contributed by atoms with Crippen LogP contribution in [0.4, 0.5) is 0 Å². The molecule has 16 heavy (non-hydrogen) atoms. The van der Waals surface area contributed by atoms with Crippen molar-refractivity contribution in [3.63, 3.8) is 0 Å². The first-order chi connectivity index (χ1) is 7.49. The second-order valence-electron chi connectivity index (χ2n) is 5.26. The van der Waals surface area contributed by atoms with Gasteiger partial charge in [-0.1, -0.05) is 0 Å². The first-order valence-electron chi connectivity index (χ1n) is 5.89. The normalized spacial score (nSPS) is 20.2. The van der Waals surface area contributed by atoms with Crippen molar-refractivity contribution in [2.24, 2.45) is 0 Å². The molecule has 1 aromatic heterocycles. The molecule has 0 radical (unpaired) electrons. The van der Waals surface area contributed by atoms with E-state index in [2.05, 4.69) is 23.7 Å². The molecule has 2 heterocycles. The van der Waals surface area contributed by atoms with E-state index in [0.717, 1.165) is 24.5 Å². The lowest BCUT2D eigenvalue weighted by molar-refractivity contribution is 0.162. The molecule has 0 aromatic carbocycles. The topological polar surface area (TPSA) is 36.4 Å². The third-order valence-electron chi connectivity index (χ3n) is 3.50. The largest absolute Gasteiger partial charge is 0.506 e. The zero-order valence-corrected chi connectivity index (χ0v) is 10.3. The summed E-state index contributed by atoms with van der Waals surface area (Å²) in [6.07, 6.45) is 2.46. The number of likely N-dealkylation sites (tertiary alicyclic amines) is 1. The molecule has 2 rings (SSSR count). The van der Waals surface area contributed by atoms with Crippen molar-refractivity contribution >= 4 is 0 Å². The van der Waals surface area contributed by atoms with Crippen LogP contribution in [0.25, 0.3) is 0 Å². The molecular formula is C13H20N2O. The Labute approximate surface area is 97.1 Å². The molecular weight excluding hydrogens is 200 g/mol. The van der Waals surface area contributed by atoms with E-state index in [0.29, 0.717) is 5.75 Å². The Balaban J connectivity index is 2.17. The van der Waals surface area contributed by atoms with Gasteiger partial charge in [0.15, 0.2) is 0 Å². The highest BCUT2D eigenvalue weighted by molar-refractivity contribution is 5.27. The van der Waals surface area contributed by atoms with E-state index in [-0.39, 0.29) is 5.54 Å². The van der Waals surface area contributed by atoms with Crippen LogP contribution in [0.3, 0.4) is 0 Å². The molecule has 0 spiro atoms. The van der Waals surface area contributed by atoms with Gasteiger partial charge in [-0.2, -0.15) is 0 Å². The number of aryl methyl sites for hydroxylation is 1. The molecule has 1 aromatic rings. The maximum absolute atomic E-state index is 9.78. The Bertz CT molecular complexity index is 388. The standard InChI is InChI=1S/C13H20N2O/c1-10-5-6-12(16)11(14-10)9-15-8-4-7-13(15,2)3/h5-6,16H,4,7-9H2,1-3H3. The summed E-state index contributed by atoms with van der Waals surface area (Å²) >= 11 is 0. The summed E-state index contributed by atoms with van der Waals surface area (Å²) in [6, 6.07) is 3.58. The Morgan fingerprint density at radius 3 is 2.81 bits per heavy atom. The van der Waals surface area contributed by atoms with E-state index >= 15 is 0 Å². The second kappa shape index (κ2) is 4.06. The fraction of sp³-hybridized carbons (Fsp3) is 0.615.